The highest BCUT2D eigenvalue weighted by Crippen LogP contribution is 2.28. The summed E-state index contributed by atoms with van der Waals surface area (Å²) < 4.78 is 11.7. The molecule has 100 valence electrons. The molecule has 1 fully saturated rings. The molecule has 1 N–H and O–H groups in total. The van der Waals surface area contributed by atoms with Gasteiger partial charge in [0, 0.05) is 29.4 Å². The van der Waals surface area contributed by atoms with Crippen LogP contribution < -0.4 is 10.1 Å². The summed E-state index contributed by atoms with van der Waals surface area (Å²) in [4.78, 5) is 0. The Hall–Kier alpha value is -0.740. The molecule has 0 spiro atoms. The molecule has 1 aliphatic carbocycles. The van der Waals surface area contributed by atoms with Crippen LogP contribution in [0.3, 0.4) is 0 Å². The molecule has 0 amide bonds. The molecule has 0 aliphatic heterocycles. The molecule has 18 heavy (non-hydrogen) atoms. The first-order chi connectivity index (χ1) is 8.71. The van der Waals surface area contributed by atoms with Gasteiger partial charge >= 0.3 is 0 Å². The van der Waals surface area contributed by atoms with Gasteiger partial charge in [0.25, 0.3) is 0 Å². The molecule has 1 aromatic carbocycles. The minimum atomic E-state index is 0.445. The van der Waals surface area contributed by atoms with Crippen LogP contribution in [0.1, 0.15) is 25.7 Å². The maximum absolute atomic E-state index is 5.39. The topological polar surface area (TPSA) is 30.5 Å². The second kappa shape index (κ2) is 6.43. The zero-order valence-electron chi connectivity index (χ0n) is 10.9. The maximum Gasteiger partial charge on any atom is 0.122 e. The molecular weight excluding hydrogens is 294 g/mol. The predicted octanol–water partition coefficient (Wildman–Crippen LogP) is 3.83. The van der Waals surface area contributed by atoms with Crippen LogP contribution in [0.15, 0.2) is 22.7 Å². The molecule has 0 saturated heterocycles. The summed E-state index contributed by atoms with van der Waals surface area (Å²) in [7, 11) is 3.49. The Morgan fingerprint density at radius 3 is 2.44 bits per heavy atom. The van der Waals surface area contributed by atoms with E-state index in [4.69, 9.17) is 9.47 Å². The largest absolute Gasteiger partial charge is 0.497 e. The predicted molar refractivity (Wildman–Crippen MR) is 77.4 cm³/mol. The molecule has 0 atom stereocenters. The summed E-state index contributed by atoms with van der Waals surface area (Å²) >= 11 is 3.50. The zero-order chi connectivity index (χ0) is 13.0. The lowest BCUT2D eigenvalue weighted by atomic mass is 9.93. The molecule has 4 heteroatoms. The van der Waals surface area contributed by atoms with Gasteiger partial charge in [-0.2, -0.15) is 0 Å². The quantitative estimate of drug-likeness (QED) is 0.916. The van der Waals surface area contributed by atoms with Gasteiger partial charge in [0.2, 0.25) is 0 Å². The molecule has 0 radical (unpaired) electrons. The van der Waals surface area contributed by atoms with Crippen LogP contribution in [0.25, 0.3) is 0 Å². The van der Waals surface area contributed by atoms with Gasteiger partial charge in [-0.05, 0) is 37.8 Å². The molecular formula is C14H20BrNO2. The highest BCUT2D eigenvalue weighted by Gasteiger charge is 2.20. The van der Waals surface area contributed by atoms with E-state index in [1.165, 1.54) is 0 Å². The monoisotopic (exact) mass is 313 g/mol. The third-order valence-electron chi connectivity index (χ3n) is 3.49. The summed E-state index contributed by atoms with van der Waals surface area (Å²) in [5.41, 5.74) is 1.11. The average Bonchev–Trinajstić information content (AvgIpc) is 2.39. The standard InChI is InChI=1S/C14H20BrNO2/c1-17-13-5-3-11(4-6-13)16-12-7-10(15)8-14(9-12)18-2/h7-9,11,13,16H,3-6H2,1-2H3. The number of anilines is 1. The number of hydrogen-bond donors (Lipinski definition) is 1. The van der Waals surface area contributed by atoms with Gasteiger partial charge in [-0.1, -0.05) is 15.9 Å². The summed E-state index contributed by atoms with van der Waals surface area (Å²) in [5, 5.41) is 3.58. The Bertz CT molecular complexity index is 389. The number of hydrogen-bond acceptors (Lipinski definition) is 3. The van der Waals surface area contributed by atoms with Gasteiger partial charge in [-0.3, -0.25) is 0 Å². The number of ether oxygens (including phenoxy) is 2. The fourth-order valence-electron chi connectivity index (χ4n) is 2.44. The molecule has 3 nitrogen and oxygen atoms in total. The summed E-state index contributed by atoms with van der Waals surface area (Å²) in [5.74, 6) is 0.873. The Labute approximate surface area is 117 Å². The van der Waals surface area contributed by atoms with Crippen LogP contribution in [0, 0.1) is 0 Å². The number of rotatable bonds is 4. The van der Waals surface area contributed by atoms with Crippen molar-refractivity contribution >= 4 is 21.6 Å². The third-order valence-corrected chi connectivity index (χ3v) is 3.94. The molecule has 2 rings (SSSR count). The Morgan fingerprint density at radius 1 is 1.11 bits per heavy atom. The summed E-state index contributed by atoms with van der Waals surface area (Å²) in [6.07, 6.45) is 5.04. The first-order valence-corrected chi connectivity index (χ1v) is 7.14. The summed E-state index contributed by atoms with van der Waals surface area (Å²) in [6.45, 7) is 0. The van der Waals surface area contributed by atoms with Gasteiger partial charge in [0.05, 0.1) is 13.2 Å². The first-order valence-electron chi connectivity index (χ1n) is 6.35. The van der Waals surface area contributed by atoms with Gasteiger partial charge in [-0.15, -0.1) is 0 Å². The van der Waals surface area contributed by atoms with Gasteiger partial charge < -0.3 is 14.8 Å². The van der Waals surface area contributed by atoms with Crippen molar-refractivity contribution in [3.05, 3.63) is 22.7 Å². The van der Waals surface area contributed by atoms with Crippen LogP contribution in [0.4, 0.5) is 5.69 Å². The van der Waals surface area contributed by atoms with Crippen LogP contribution in [-0.4, -0.2) is 26.4 Å². The molecule has 1 aliphatic rings. The van der Waals surface area contributed by atoms with E-state index in [-0.39, 0.29) is 0 Å². The van der Waals surface area contributed by atoms with Crippen LogP contribution in [-0.2, 0) is 4.74 Å². The minimum absolute atomic E-state index is 0.445. The lowest BCUT2D eigenvalue weighted by molar-refractivity contribution is 0.0682. The van der Waals surface area contributed by atoms with Crippen molar-refractivity contribution in [3.63, 3.8) is 0 Å². The summed E-state index contributed by atoms with van der Waals surface area (Å²) in [6, 6.07) is 6.63. The molecule has 0 unspecified atom stereocenters. The van der Waals surface area contributed by atoms with Gasteiger partial charge in [-0.25, -0.2) is 0 Å². The molecule has 0 aromatic heterocycles. The number of methoxy groups -OCH3 is 2. The van der Waals surface area contributed by atoms with Crippen molar-refractivity contribution in [2.75, 3.05) is 19.5 Å². The van der Waals surface area contributed by atoms with E-state index < -0.39 is 0 Å². The van der Waals surface area contributed by atoms with Crippen LogP contribution >= 0.6 is 15.9 Å². The van der Waals surface area contributed by atoms with E-state index in [9.17, 15) is 0 Å². The Kier molecular flexibility index (Phi) is 4.89. The molecule has 1 aromatic rings. The van der Waals surface area contributed by atoms with Crippen molar-refractivity contribution in [1.29, 1.82) is 0 Å². The second-order valence-electron chi connectivity index (χ2n) is 4.73. The van der Waals surface area contributed by atoms with E-state index >= 15 is 0 Å². The van der Waals surface area contributed by atoms with Crippen molar-refractivity contribution in [1.82, 2.24) is 0 Å². The van der Waals surface area contributed by atoms with E-state index in [0.717, 1.165) is 41.6 Å². The second-order valence-corrected chi connectivity index (χ2v) is 5.65. The van der Waals surface area contributed by atoms with E-state index in [0.29, 0.717) is 12.1 Å². The van der Waals surface area contributed by atoms with E-state index in [1.54, 1.807) is 14.2 Å². The number of halogens is 1. The highest BCUT2D eigenvalue weighted by molar-refractivity contribution is 9.10. The minimum Gasteiger partial charge on any atom is -0.497 e. The van der Waals surface area contributed by atoms with Crippen molar-refractivity contribution in [2.45, 2.75) is 37.8 Å². The molecule has 0 heterocycles. The van der Waals surface area contributed by atoms with Gasteiger partial charge in [0.15, 0.2) is 0 Å². The van der Waals surface area contributed by atoms with Crippen molar-refractivity contribution < 1.29 is 9.47 Å². The van der Waals surface area contributed by atoms with Crippen LogP contribution in [0.2, 0.25) is 0 Å². The maximum atomic E-state index is 5.39. The Balaban J connectivity index is 1.95. The third kappa shape index (κ3) is 3.62. The SMILES string of the molecule is COc1cc(Br)cc(NC2CCC(OC)CC2)c1. The highest BCUT2D eigenvalue weighted by atomic mass is 79.9. The fraction of sp³-hybridized carbons (Fsp3) is 0.571. The zero-order valence-corrected chi connectivity index (χ0v) is 12.5. The normalized spacial score (nSPS) is 23.7. The smallest absolute Gasteiger partial charge is 0.122 e. The number of nitrogens with one attached hydrogen (secondary N) is 1. The molecule has 0 bridgehead atoms. The Morgan fingerprint density at radius 2 is 1.83 bits per heavy atom. The van der Waals surface area contributed by atoms with Crippen molar-refractivity contribution in [3.8, 4) is 5.75 Å². The first kappa shape index (κ1) is 13.7. The van der Waals surface area contributed by atoms with E-state index in [1.807, 2.05) is 12.1 Å². The molecule has 1 saturated carbocycles. The van der Waals surface area contributed by atoms with E-state index in [2.05, 4.69) is 27.3 Å². The average molecular weight is 314 g/mol. The number of benzene rings is 1. The van der Waals surface area contributed by atoms with Gasteiger partial charge in [0.1, 0.15) is 5.75 Å². The lowest BCUT2D eigenvalue weighted by Crippen LogP contribution is -2.29. The van der Waals surface area contributed by atoms with Crippen molar-refractivity contribution in [2.24, 2.45) is 0 Å². The lowest BCUT2D eigenvalue weighted by Gasteiger charge is -2.29. The van der Waals surface area contributed by atoms with Crippen LogP contribution in [0.5, 0.6) is 5.75 Å². The fourth-order valence-corrected chi connectivity index (χ4v) is 2.91.